The quantitative estimate of drug-likeness (QED) is 0.416. The fourth-order valence-corrected chi connectivity index (χ4v) is 0.529. The maximum absolute atomic E-state index is 5.19. The Labute approximate surface area is 55.5 Å². The molecule has 0 amide bonds. The summed E-state index contributed by atoms with van der Waals surface area (Å²) in [5.41, 5.74) is 1.07. The van der Waals surface area contributed by atoms with E-state index in [4.69, 9.17) is 9.47 Å². The molecule has 2 heteroatoms. The molecule has 1 saturated heterocycles. The van der Waals surface area contributed by atoms with Crippen LogP contribution in [0.25, 0.3) is 0 Å². The first-order chi connectivity index (χ1) is 4.29. The highest BCUT2D eigenvalue weighted by Crippen LogP contribution is 2.08. The van der Waals surface area contributed by atoms with Gasteiger partial charge in [-0.25, -0.2) is 0 Å². The number of hydrogen-bond acceptors (Lipinski definition) is 2. The molecule has 52 valence electrons. The summed E-state index contributed by atoms with van der Waals surface area (Å²) in [6, 6.07) is 0. The molecule has 9 heavy (non-hydrogen) atoms. The maximum atomic E-state index is 5.19. The summed E-state index contributed by atoms with van der Waals surface area (Å²) in [6.45, 7) is 7.93. The lowest BCUT2D eigenvalue weighted by molar-refractivity contribution is 0.136. The molecule has 1 aliphatic rings. The third kappa shape index (κ3) is 3.27. The summed E-state index contributed by atoms with van der Waals surface area (Å²) in [5, 5.41) is 0. The number of ether oxygens (including phenoxy) is 2. The summed E-state index contributed by atoms with van der Waals surface area (Å²) < 4.78 is 10.1. The molecule has 0 N–H and O–H groups in total. The van der Waals surface area contributed by atoms with Crippen LogP contribution in [0.5, 0.6) is 0 Å². The number of hydrogen-bond donors (Lipinski definition) is 0. The fourth-order valence-electron chi connectivity index (χ4n) is 0.529. The van der Waals surface area contributed by atoms with Gasteiger partial charge < -0.3 is 9.47 Å². The molecule has 0 aromatic heterocycles. The predicted molar refractivity (Wildman–Crippen MR) is 35.4 cm³/mol. The zero-order valence-corrected chi connectivity index (χ0v) is 5.72. The molecule has 0 aromatic rings. The largest absolute Gasteiger partial charge is 0.374 e. The van der Waals surface area contributed by atoms with E-state index < -0.39 is 0 Å². The lowest BCUT2D eigenvalue weighted by Gasteiger charge is -1.98. The van der Waals surface area contributed by atoms with Gasteiger partial charge in [-0.05, 0) is 6.92 Å². The van der Waals surface area contributed by atoms with Crippen LogP contribution in [0.2, 0.25) is 0 Å². The number of epoxide rings is 1. The Balaban J connectivity index is 1.86. The van der Waals surface area contributed by atoms with Crippen molar-refractivity contribution < 1.29 is 9.47 Å². The Morgan fingerprint density at radius 3 is 3.00 bits per heavy atom. The molecule has 2 nitrogen and oxygen atoms in total. The van der Waals surface area contributed by atoms with E-state index in [2.05, 4.69) is 6.58 Å². The van der Waals surface area contributed by atoms with E-state index >= 15 is 0 Å². The molecule has 1 atom stereocenters. The van der Waals surface area contributed by atoms with Gasteiger partial charge in [0.1, 0.15) is 6.10 Å². The predicted octanol–water partition coefficient (Wildman–Crippen LogP) is 0.978. The first kappa shape index (κ1) is 6.78. The van der Waals surface area contributed by atoms with Gasteiger partial charge in [0.25, 0.3) is 0 Å². The van der Waals surface area contributed by atoms with Crippen molar-refractivity contribution in [2.45, 2.75) is 13.0 Å². The van der Waals surface area contributed by atoms with Crippen molar-refractivity contribution in [1.29, 1.82) is 0 Å². The summed E-state index contributed by atoms with van der Waals surface area (Å²) in [5.74, 6) is 0. The van der Waals surface area contributed by atoms with Crippen molar-refractivity contribution in [3.63, 3.8) is 0 Å². The van der Waals surface area contributed by atoms with Crippen LogP contribution in [0, 0.1) is 0 Å². The van der Waals surface area contributed by atoms with Crippen LogP contribution in [0.3, 0.4) is 0 Å². The Morgan fingerprint density at radius 2 is 2.56 bits per heavy atom. The van der Waals surface area contributed by atoms with Gasteiger partial charge in [0.2, 0.25) is 0 Å². The fraction of sp³-hybridized carbons (Fsp3) is 0.714. The maximum Gasteiger partial charge on any atom is 0.104 e. The first-order valence-electron chi connectivity index (χ1n) is 3.13. The Kier molecular flexibility index (Phi) is 2.25. The standard InChI is InChI=1S/C7H12O2/c1-6(2)3-8-4-7-5-9-7/h7H,1,3-5H2,2H3. The van der Waals surface area contributed by atoms with Crippen LogP contribution in [0.1, 0.15) is 6.92 Å². The average molecular weight is 128 g/mol. The third-order valence-corrected chi connectivity index (χ3v) is 1.05. The van der Waals surface area contributed by atoms with Gasteiger partial charge in [-0.15, -0.1) is 0 Å². The minimum absolute atomic E-state index is 0.379. The van der Waals surface area contributed by atoms with E-state index in [1.165, 1.54) is 0 Å². The van der Waals surface area contributed by atoms with Crippen molar-refractivity contribution in [2.24, 2.45) is 0 Å². The highest BCUT2D eigenvalue weighted by molar-refractivity contribution is 4.87. The molecule has 0 saturated carbocycles. The zero-order valence-electron chi connectivity index (χ0n) is 5.72. The summed E-state index contributed by atoms with van der Waals surface area (Å²) in [4.78, 5) is 0. The molecule has 0 aliphatic carbocycles. The second kappa shape index (κ2) is 2.99. The summed E-state index contributed by atoms with van der Waals surface area (Å²) in [6.07, 6.45) is 0.379. The van der Waals surface area contributed by atoms with Crippen molar-refractivity contribution >= 4 is 0 Å². The van der Waals surface area contributed by atoms with Crippen molar-refractivity contribution in [2.75, 3.05) is 19.8 Å². The van der Waals surface area contributed by atoms with Crippen LogP contribution < -0.4 is 0 Å². The second-order valence-electron chi connectivity index (χ2n) is 2.43. The molecule has 0 radical (unpaired) electrons. The minimum Gasteiger partial charge on any atom is -0.374 e. The highest BCUT2D eigenvalue weighted by Gasteiger charge is 2.21. The van der Waals surface area contributed by atoms with Gasteiger partial charge in [0, 0.05) is 0 Å². The van der Waals surface area contributed by atoms with Crippen molar-refractivity contribution in [1.82, 2.24) is 0 Å². The van der Waals surface area contributed by atoms with E-state index in [9.17, 15) is 0 Å². The van der Waals surface area contributed by atoms with Gasteiger partial charge in [-0.3, -0.25) is 0 Å². The second-order valence-corrected chi connectivity index (χ2v) is 2.43. The molecule has 0 bridgehead atoms. The molecule has 0 aromatic carbocycles. The molecule has 1 fully saturated rings. The van der Waals surface area contributed by atoms with Gasteiger partial charge >= 0.3 is 0 Å². The topological polar surface area (TPSA) is 21.8 Å². The first-order valence-corrected chi connectivity index (χ1v) is 3.13. The molecule has 1 rings (SSSR count). The molecule has 0 spiro atoms. The van der Waals surface area contributed by atoms with Gasteiger partial charge in [0.15, 0.2) is 0 Å². The van der Waals surface area contributed by atoms with Crippen LogP contribution in [0.15, 0.2) is 12.2 Å². The Morgan fingerprint density at radius 1 is 1.89 bits per heavy atom. The molecular weight excluding hydrogens is 116 g/mol. The van der Waals surface area contributed by atoms with Crippen molar-refractivity contribution in [3.8, 4) is 0 Å². The lowest BCUT2D eigenvalue weighted by Crippen LogP contribution is -2.02. The van der Waals surface area contributed by atoms with E-state index in [1.54, 1.807) is 0 Å². The highest BCUT2D eigenvalue weighted by atomic mass is 16.6. The van der Waals surface area contributed by atoms with Crippen LogP contribution in [-0.2, 0) is 9.47 Å². The van der Waals surface area contributed by atoms with Crippen LogP contribution in [-0.4, -0.2) is 25.9 Å². The van der Waals surface area contributed by atoms with Crippen molar-refractivity contribution in [3.05, 3.63) is 12.2 Å². The lowest BCUT2D eigenvalue weighted by atomic mass is 10.4. The SMILES string of the molecule is C=C(C)COCC1CO1. The van der Waals surface area contributed by atoms with E-state index in [-0.39, 0.29) is 0 Å². The van der Waals surface area contributed by atoms with E-state index in [0.29, 0.717) is 12.7 Å². The van der Waals surface area contributed by atoms with E-state index in [1.807, 2.05) is 6.92 Å². The Bertz CT molecular complexity index is 105. The minimum atomic E-state index is 0.379. The van der Waals surface area contributed by atoms with Gasteiger partial charge in [-0.2, -0.15) is 0 Å². The van der Waals surface area contributed by atoms with Gasteiger partial charge in [-0.1, -0.05) is 12.2 Å². The summed E-state index contributed by atoms with van der Waals surface area (Å²) in [7, 11) is 0. The smallest absolute Gasteiger partial charge is 0.104 e. The number of rotatable bonds is 4. The van der Waals surface area contributed by atoms with Crippen LogP contribution >= 0.6 is 0 Å². The van der Waals surface area contributed by atoms with Gasteiger partial charge in [0.05, 0.1) is 19.8 Å². The summed E-state index contributed by atoms with van der Waals surface area (Å²) >= 11 is 0. The normalized spacial score (nSPS) is 23.9. The molecule has 1 unspecified atom stereocenters. The average Bonchev–Trinajstić information content (AvgIpc) is 2.48. The monoisotopic (exact) mass is 128 g/mol. The third-order valence-electron chi connectivity index (χ3n) is 1.05. The molecule has 1 heterocycles. The zero-order chi connectivity index (χ0) is 6.69. The molecular formula is C7H12O2. The Hall–Kier alpha value is -0.340. The molecule has 1 aliphatic heterocycles. The van der Waals surface area contributed by atoms with Crippen LogP contribution in [0.4, 0.5) is 0 Å². The van der Waals surface area contributed by atoms with E-state index in [0.717, 1.165) is 18.8 Å².